The maximum absolute atomic E-state index is 12.0. The second-order valence-corrected chi connectivity index (χ2v) is 4.57. The van der Waals surface area contributed by atoms with Crippen molar-refractivity contribution in [2.75, 3.05) is 6.54 Å². The Hall–Kier alpha value is -1.06. The van der Waals surface area contributed by atoms with Gasteiger partial charge in [0.25, 0.3) is 0 Å². The number of hydrogen-bond acceptors (Lipinski definition) is 2. The van der Waals surface area contributed by atoms with Crippen LogP contribution in [0.25, 0.3) is 0 Å². The highest BCUT2D eigenvalue weighted by molar-refractivity contribution is 5.85. The molecule has 1 aliphatic heterocycles. The first-order chi connectivity index (χ1) is 7.57. The van der Waals surface area contributed by atoms with E-state index in [1.54, 1.807) is 4.90 Å². The summed E-state index contributed by atoms with van der Waals surface area (Å²) in [5, 5.41) is 9.00. The average Bonchev–Trinajstić information content (AvgIpc) is 2.73. The van der Waals surface area contributed by atoms with Crippen molar-refractivity contribution in [2.45, 2.75) is 52.0 Å². The standard InChI is InChI=1S/C12H21NO3/c1-3-4-6-9(2)11(14)13-8-5-7-10(13)12(15)16/h9-10H,3-8H2,1-2H3,(H,15,16). The SMILES string of the molecule is CCCCC(C)C(=O)N1CCCC1C(=O)O. The number of aliphatic carboxylic acids is 1. The molecule has 1 amide bonds. The molecule has 1 rings (SSSR count). The van der Waals surface area contributed by atoms with Crippen molar-refractivity contribution < 1.29 is 14.7 Å². The van der Waals surface area contributed by atoms with E-state index in [9.17, 15) is 9.59 Å². The molecule has 92 valence electrons. The van der Waals surface area contributed by atoms with Gasteiger partial charge in [0.2, 0.25) is 5.91 Å². The molecule has 1 N–H and O–H groups in total. The Kier molecular flexibility index (Phi) is 4.77. The van der Waals surface area contributed by atoms with E-state index < -0.39 is 12.0 Å². The van der Waals surface area contributed by atoms with Crippen molar-refractivity contribution in [3.8, 4) is 0 Å². The van der Waals surface area contributed by atoms with Gasteiger partial charge in [-0.25, -0.2) is 4.79 Å². The lowest BCUT2D eigenvalue weighted by Crippen LogP contribution is -2.42. The number of carboxylic acid groups (broad SMARTS) is 1. The van der Waals surface area contributed by atoms with Gasteiger partial charge in [-0.1, -0.05) is 26.7 Å². The lowest BCUT2D eigenvalue weighted by atomic mass is 10.0. The number of carboxylic acids is 1. The summed E-state index contributed by atoms with van der Waals surface area (Å²) < 4.78 is 0. The van der Waals surface area contributed by atoms with Gasteiger partial charge in [0.05, 0.1) is 0 Å². The van der Waals surface area contributed by atoms with E-state index in [0.717, 1.165) is 25.7 Å². The third kappa shape index (κ3) is 2.97. The van der Waals surface area contributed by atoms with Crippen LogP contribution in [-0.2, 0) is 9.59 Å². The maximum Gasteiger partial charge on any atom is 0.326 e. The molecule has 2 atom stereocenters. The van der Waals surface area contributed by atoms with Crippen molar-refractivity contribution in [1.29, 1.82) is 0 Å². The van der Waals surface area contributed by atoms with E-state index in [-0.39, 0.29) is 11.8 Å². The number of rotatable bonds is 5. The smallest absolute Gasteiger partial charge is 0.326 e. The summed E-state index contributed by atoms with van der Waals surface area (Å²) in [5.41, 5.74) is 0. The second-order valence-electron chi connectivity index (χ2n) is 4.57. The third-order valence-electron chi connectivity index (χ3n) is 3.23. The monoisotopic (exact) mass is 227 g/mol. The summed E-state index contributed by atoms with van der Waals surface area (Å²) in [6, 6.07) is -0.587. The van der Waals surface area contributed by atoms with Gasteiger partial charge in [0.15, 0.2) is 0 Å². The molecule has 1 aliphatic rings. The molecular weight excluding hydrogens is 206 g/mol. The molecule has 0 aromatic carbocycles. The molecule has 0 spiro atoms. The molecule has 0 aromatic rings. The molecule has 4 heteroatoms. The van der Waals surface area contributed by atoms with Gasteiger partial charge in [0.1, 0.15) is 6.04 Å². The topological polar surface area (TPSA) is 57.6 Å². The van der Waals surface area contributed by atoms with Gasteiger partial charge in [-0.2, -0.15) is 0 Å². The Bertz CT molecular complexity index is 265. The average molecular weight is 227 g/mol. The minimum Gasteiger partial charge on any atom is -0.480 e. The minimum atomic E-state index is -0.867. The van der Waals surface area contributed by atoms with Gasteiger partial charge >= 0.3 is 5.97 Å². The van der Waals surface area contributed by atoms with Crippen molar-refractivity contribution in [2.24, 2.45) is 5.92 Å². The Morgan fingerprint density at radius 1 is 1.50 bits per heavy atom. The predicted molar refractivity (Wildman–Crippen MR) is 61.1 cm³/mol. The molecule has 4 nitrogen and oxygen atoms in total. The van der Waals surface area contributed by atoms with Crippen molar-refractivity contribution in [3.05, 3.63) is 0 Å². The molecule has 0 aliphatic carbocycles. The van der Waals surface area contributed by atoms with Crippen LogP contribution in [0.2, 0.25) is 0 Å². The predicted octanol–water partition coefficient (Wildman–Crippen LogP) is 1.89. The van der Waals surface area contributed by atoms with Crippen molar-refractivity contribution >= 4 is 11.9 Å². The van der Waals surface area contributed by atoms with Crippen molar-refractivity contribution in [1.82, 2.24) is 4.90 Å². The number of carbonyl (C=O) groups is 2. The van der Waals surface area contributed by atoms with Crippen LogP contribution in [0.3, 0.4) is 0 Å². The van der Waals surface area contributed by atoms with E-state index in [1.165, 1.54) is 0 Å². The number of likely N-dealkylation sites (tertiary alicyclic amines) is 1. The van der Waals surface area contributed by atoms with Crippen molar-refractivity contribution in [3.63, 3.8) is 0 Å². The number of hydrogen-bond donors (Lipinski definition) is 1. The van der Waals surface area contributed by atoms with Crippen LogP contribution in [0.5, 0.6) is 0 Å². The van der Waals surface area contributed by atoms with Gasteiger partial charge in [-0.05, 0) is 19.3 Å². The van der Waals surface area contributed by atoms with E-state index in [1.807, 2.05) is 6.92 Å². The molecule has 0 saturated carbocycles. The molecule has 2 unspecified atom stereocenters. The van der Waals surface area contributed by atoms with E-state index >= 15 is 0 Å². The number of carbonyl (C=O) groups excluding carboxylic acids is 1. The molecule has 1 heterocycles. The van der Waals surface area contributed by atoms with E-state index in [0.29, 0.717) is 13.0 Å². The Labute approximate surface area is 96.6 Å². The zero-order chi connectivity index (χ0) is 12.1. The van der Waals surface area contributed by atoms with Crippen LogP contribution < -0.4 is 0 Å². The Morgan fingerprint density at radius 3 is 2.75 bits per heavy atom. The molecule has 0 bridgehead atoms. The van der Waals surface area contributed by atoms with Crippen LogP contribution >= 0.6 is 0 Å². The number of nitrogens with zero attached hydrogens (tertiary/aromatic N) is 1. The molecule has 1 fully saturated rings. The zero-order valence-electron chi connectivity index (χ0n) is 10.1. The lowest BCUT2D eigenvalue weighted by molar-refractivity contribution is -0.149. The fourth-order valence-corrected chi connectivity index (χ4v) is 2.20. The third-order valence-corrected chi connectivity index (χ3v) is 3.23. The lowest BCUT2D eigenvalue weighted by Gasteiger charge is -2.24. The quantitative estimate of drug-likeness (QED) is 0.780. The highest BCUT2D eigenvalue weighted by atomic mass is 16.4. The first-order valence-corrected chi connectivity index (χ1v) is 6.11. The fraction of sp³-hybridized carbons (Fsp3) is 0.833. The first-order valence-electron chi connectivity index (χ1n) is 6.11. The van der Waals surface area contributed by atoms with Crippen LogP contribution in [0.15, 0.2) is 0 Å². The maximum atomic E-state index is 12.0. The van der Waals surface area contributed by atoms with Gasteiger partial charge < -0.3 is 10.0 Å². The summed E-state index contributed by atoms with van der Waals surface area (Å²) in [7, 11) is 0. The van der Waals surface area contributed by atoms with Crippen LogP contribution in [0, 0.1) is 5.92 Å². The first kappa shape index (κ1) is 13.0. The summed E-state index contributed by atoms with van der Waals surface area (Å²) in [6.45, 7) is 4.59. The van der Waals surface area contributed by atoms with Gasteiger partial charge in [-0.15, -0.1) is 0 Å². The molecule has 0 radical (unpaired) electrons. The number of amides is 1. The summed E-state index contributed by atoms with van der Waals surface area (Å²) in [4.78, 5) is 24.5. The van der Waals surface area contributed by atoms with Crippen LogP contribution in [-0.4, -0.2) is 34.5 Å². The summed E-state index contributed by atoms with van der Waals surface area (Å²) >= 11 is 0. The fourth-order valence-electron chi connectivity index (χ4n) is 2.20. The normalized spacial score (nSPS) is 22.1. The van der Waals surface area contributed by atoms with Gasteiger partial charge in [0, 0.05) is 12.5 Å². The Morgan fingerprint density at radius 2 is 2.19 bits per heavy atom. The molecule has 1 saturated heterocycles. The second kappa shape index (κ2) is 5.87. The van der Waals surface area contributed by atoms with Crippen LogP contribution in [0.1, 0.15) is 46.0 Å². The highest BCUT2D eigenvalue weighted by Gasteiger charge is 2.35. The summed E-state index contributed by atoms with van der Waals surface area (Å²) in [6.07, 6.45) is 4.36. The minimum absolute atomic E-state index is 0.0124. The Balaban J connectivity index is 2.55. The largest absolute Gasteiger partial charge is 0.480 e. The number of unbranched alkanes of at least 4 members (excludes halogenated alkanes) is 1. The molecule has 16 heavy (non-hydrogen) atoms. The summed E-state index contributed by atoms with van der Waals surface area (Å²) in [5.74, 6) is -0.896. The highest BCUT2D eigenvalue weighted by Crippen LogP contribution is 2.21. The molecule has 0 aromatic heterocycles. The van der Waals surface area contributed by atoms with Gasteiger partial charge in [-0.3, -0.25) is 4.79 Å². The zero-order valence-corrected chi connectivity index (χ0v) is 10.1. The van der Waals surface area contributed by atoms with Crippen LogP contribution in [0.4, 0.5) is 0 Å². The molecular formula is C12H21NO3. The van der Waals surface area contributed by atoms with E-state index in [4.69, 9.17) is 5.11 Å². The van der Waals surface area contributed by atoms with E-state index in [2.05, 4.69) is 6.92 Å².